The number of rotatable bonds is 4. The molecular weight excluding hydrogens is 280 g/mol. The third-order valence-electron chi connectivity index (χ3n) is 1.86. The molecular formula is C11H7ClO3S2. The van der Waals surface area contributed by atoms with Gasteiger partial charge in [-0.15, -0.1) is 11.3 Å². The second-order valence-electron chi connectivity index (χ2n) is 3.04. The number of aromatic carboxylic acids is 1. The van der Waals surface area contributed by atoms with Gasteiger partial charge in [0.15, 0.2) is 10.6 Å². The molecule has 0 aliphatic carbocycles. The zero-order chi connectivity index (χ0) is 12.3. The van der Waals surface area contributed by atoms with E-state index >= 15 is 0 Å². The molecule has 0 aliphatic heterocycles. The minimum absolute atomic E-state index is 0.200. The molecule has 0 amide bonds. The summed E-state index contributed by atoms with van der Waals surface area (Å²) < 4.78 is 5.37. The summed E-state index contributed by atoms with van der Waals surface area (Å²) in [6.45, 7) is 0. The van der Waals surface area contributed by atoms with Crippen molar-refractivity contribution in [2.24, 2.45) is 0 Å². The summed E-state index contributed by atoms with van der Waals surface area (Å²) in [7, 11) is 0. The second kappa shape index (κ2) is 5.44. The van der Waals surface area contributed by atoms with E-state index < -0.39 is 5.97 Å². The minimum Gasteiger partial charge on any atom is -0.477 e. The lowest BCUT2D eigenvalue weighted by Crippen LogP contribution is -1.94. The third kappa shape index (κ3) is 3.15. The summed E-state index contributed by atoms with van der Waals surface area (Å²) in [6.07, 6.45) is 0. The fraction of sp³-hybridized carbons (Fsp3) is 0. The number of halogens is 1. The Hall–Kier alpha value is -1.17. The van der Waals surface area contributed by atoms with Gasteiger partial charge in [-0.25, -0.2) is 4.79 Å². The molecule has 0 aliphatic rings. The topological polar surface area (TPSA) is 46.5 Å². The van der Waals surface area contributed by atoms with E-state index in [2.05, 4.69) is 0 Å². The molecule has 0 radical (unpaired) electrons. The van der Waals surface area contributed by atoms with Crippen LogP contribution >= 0.6 is 35.0 Å². The highest BCUT2D eigenvalue weighted by atomic mass is 35.5. The molecule has 6 heteroatoms. The summed E-state index contributed by atoms with van der Waals surface area (Å²) in [6, 6.07) is 8.74. The minimum atomic E-state index is -0.980. The maximum absolute atomic E-state index is 10.8. The zero-order valence-electron chi connectivity index (χ0n) is 8.42. The predicted molar refractivity (Wildman–Crippen MR) is 69.2 cm³/mol. The lowest BCUT2D eigenvalue weighted by atomic mass is 10.4. The molecule has 3 nitrogen and oxygen atoms in total. The summed E-state index contributed by atoms with van der Waals surface area (Å²) in [5.74, 6) is -0.617. The molecule has 2 rings (SSSR count). The molecule has 1 heterocycles. The maximum Gasteiger partial charge on any atom is 0.349 e. The van der Waals surface area contributed by atoms with E-state index in [-0.39, 0.29) is 4.88 Å². The Morgan fingerprint density at radius 3 is 2.65 bits per heavy atom. The van der Waals surface area contributed by atoms with E-state index in [1.807, 2.05) is 0 Å². The first-order valence-corrected chi connectivity index (χ1v) is 6.57. The number of carboxylic acid groups (broad SMARTS) is 1. The SMILES string of the molecule is O=C(O)c1sccc1OSc1ccc(Cl)cc1. The first-order valence-electron chi connectivity index (χ1n) is 4.57. The lowest BCUT2D eigenvalue weighted by molar-refractivity contribution is 0.0700. The number of benzene rings is 1. The van der Waals surface area contributed by atoms with Crippen molar-refractivity contribution < 1.29 is 14.1 Å². The molecule has 2 aromatic rings. The van der Waals surface area contributed by atoms with Gasteiger partial charge in [-0.05, 0) is 35.7 Å². The summed E-state index contributed by atoms with van der Waals surface area (Å²) in [4.78, 5) is 11.9. The van der Waals surface area contributed by atoms with Crippen LogP contribution in [0, 0.1) is 0 Å². The normalized spacial score (nSPS) is 10.2. The van der Waals surface area contributed by atoms with Crippen molar-refractivity contribution >= 4 is 40.9 Å². The average molecular weight is 287 g/mol. The van der Waals surface area contributed by atoms with Crippen LogP contribution in [0.5, 0.6) is 5.75 Å². The van der Waals surface area contributed by atoms with E-state index in [0.29, 0.717) is 10.8 Å². The molecule has 0 saturated heterocycles. The van der Waals surface area contributed by atoms with Gasteiger partial charge >= 0.3 is 5.97 Å². The molecule has 1 N–H and O–H groups in total. The Balaban J connectivity index is 2.05. The molecule has 0 unspecified atom stereocenters. The molecule has 1 aromatic heterocycles. The van der Waals surface area contributed by atoms with Crippen LogP contribution in [0.1, 0.15) is 9.67 Å². The van der Waals surface area contributed by atoms with Crippen molar-refractivity contribution in [1.82, 2.24) is 0 Å². The first kappa shape index (κ1) is 12.3. The summed E-state index contributed by atoms with van der Waals surface area (Å²) in [5.41, 5.74) is 0. The standard InChI is InChI=1S/C11H7ClO3S2/c12-7-1-3-8(4-2-7)17-15-9-5-6-16-10(9)11(13)14/h1-6H,(H,13,14). The van der Waals surface area contributed by atoms with Crippen LogP contribution < -0.4 is 4.18 Å². The third-order valence-corrected chi connectivity index (χ3v) is 3.73. The fourth-order valence-electron chi connectivity index (χ4n) is 1.10. The number of hydrogen-bond acceptors (Lipinski definition) is 4. The van der Waals surface area contributed by atoms with Gasteiger partial charge in [0.2, 0.25) is 0 Å². The number of carboxylic acids is 1. The number of thiophene rings is 1. The van der Waals surface area contributed by atoms with Crippen LogP contribution in [0.4, 0.5) is 0 Å². The van der Waals surface area contributed by atoms with Crippen LogP contribution in [0.3, 0.4) is 0 Å². The van der Waals surface area contributed by atoms with Crippen molar-refractivity contribution in [3.05, 3.63) is 45.6 Å². The molecule has 1 aromatic carbocycles. The van der Waals surface area contributed by atoms with Gasteiger partial charge < -0.3 is 9.29 Å². The van der Waals surface area contributed by atoms with Crippen LogP contribution in [0.2, 0.25) is 5.02 Å². The van der Waals surface area contributed by atoms with Gasteiger partial charge in [0.05, 0.1) is 12.0 Å². The van der Waals surface area contributed by atoms with Crippen LogP contribution in [-0.4, -0.2) is 11.1 Å². The van der Waals surface area contributed by atoms with Gasteiger partial charge in [0.25, 0.3) is 0 Å². The average Bonchev–Trinajstić information content (AvgIpc) is 2.76. The van der Waals surface area contributed by atoms with Gasteiger partial charge in [-0.3, -0.25) is 0 Å². The van der Waals surface area contributed by atoms with Crippen LogP contribution in [0.25, 0.3) is 0 Å². The first-order chi connectivity index (χ1) is 8.16. The maximum atomic E-state index is 10.8. The monoisotopic (exact) mass is 286 g/mol. The molecule has 0 atom stereocenters. The van der Waals surface area contributed by atoms with Gasteiger partial charge in [-0.2, -0.15) is 0 Å². The number of hydrogen-bond donors (Lipinski definition) is 1. The van der Waals surface area contributed by atoms with Crippen LogP contribution in [0.15, 0.2) is 40.6 Å². The van der Waals surface area contributed by atoms with E-state index in [4.69, 9.17) is 20.9 Å². The molecule has 0 bridgehead atoms. The van der Waals surface area contributed by atoms with Crippen LogP contribution in [-0.2, 0) is 0 Å². The Morgan fingerprint density at radius 1 is 1.29 bits per heavy atom. The number of carbonyl (C=O) groups is 1. The van der Waals surface area contributed by atoms with Crippen molar-refractivity contribution in [3.63, 3.8) is 0 Å². The Bertz CT molecular complexity index is 522. The van der Waals surface area contributed by atoms with E-state index in [1.54, 1.807) is 35.7 Å². The zero-order valence-corrected chi connectivity index (χ0v) is 10.8. The predicted octanol–water partition coefficient (Wildman–Crippen LogP) is 4.19. The van der Waals surface area contributed by atoms with Gasteiger partial charge in [-0.1, -0.05) is 11.6 Å². The highest BCUT2D eigenvalue weighted by molar-refractivity contribution is 7.95. The van der Waals surface area contributed by atoms with Crippen molar-refractivity contribution in [3.8, 4) is 5.75 Å². The van der Waals surface area contributed by atoms with Crippen molar-refractivity contribution in [2.75, 3.05) is 0 Å². The highest BCUT2D eigenvalue weighted by Crippen LogP contribution is 2.30. The second-order valence-corrected chi connectivity index (χ2v) is 5.20. The Kier molecular flexibility index (Phi) is 3.93. The molecule has 0 saturated carbocycles. The van der Waals surface area contributed by atoms with Crippen molar-refractivity contribution in [1.29, 1.82) is 0 Å². The molecule has 17 heavy (non-hydrogen) atoms. The summed E-state index contributed by atoms with van der Waals surface area (Å²) >= 11 is 7.99. The Labute approximate surface area is 111 Å². The summed E-state index contributed by atoms with van der Waals surface area (Å²) in [5, 5.41) is 11.2. The molecule has 0 spiro atoms. The molecule has 0 fully saturated rings. The van der Waals surface area contributed by atoms with E-state index in [1.165, 1.54) is 0 Å². The molecule has 88 valence electrons. The van der Waals surface area contributed by atoms with Gasteiger partial charge in [0, 0.05) is 9.92 Å². The quantitative estimate of drug-likeness (QED) is 0.856. The van der Waals surface area contributed by atoms with E-state index in [9.17, 15) is 4.79 Å². The lowest BCUT2D eigenvalue weighted by Gasteiger charge is -2.02. The fourth-order valence-corrected chi connectivity index (χ4v) is 2.51. The van der Waals surface area contributed by atoms with Gasteiger partial charge in [0.1, 0.15) is 0 Å². The van der Waals surface area contributed by atoms with Crippen molar-refractivity contribution in [2.45, 2.75) is 4.90 Å². The smallest absolute Gasteiger partial charge is 0.349 e. The highest BCUT2D eigenvalue weighted by Gasteiger charge is 2.13. The Morgan fingerprint density at radius 2 is 2.00 bits per heavy atom. The van der Waals surface area contributed by atoms with E-state index in [0.717, 1.165) is 28.3 Å². The largest absolute Gasteiger partial charge is 0.477 e.